The van der Waals surface area contributed by atoms with Gasteiger partial charge in [-0.2, -0.15) is 0 Å². The standard InChI is InChI=1S/C55H100O6/c1-3-5-7-9-11-13-15-17-19-24-28-32-36-40-44-48-52(58)55(61,54(60)50-56)53(59)49-45-41-37-33-29-25-21-18-20-23-27-31-35-39-43-47-51(57)46-42-38-34-30-26-22-16-14-12-10-8-6-4-2/h11,13,17-19,21,54,56,60-61H,3-10,12,14-16,20,22-50H2,1-2H3/b13-11-,19-17-,21-18-. The molecule has 0 aromatic heterocycles. The van der Waals surface area contributed by atoms with Crippen molar-refractivity contribution in [1.29, 1.82) is 0 Å². The van der Waals surface area contributed by atoms with Gasteiger partial charge in [0.2, 0.25) is 5.60 Å². The first-order chi connectivity index (χ1) is 29.8. The van der Waals surface area contributed by atoms with Crippen LogP contribution in [0.5, 0.6) is 0 Å². The number of aliphatic hydroxyl groups excluding tert-OH is 2. The quantitative estimate of drug-likeness (QED) is 0.0319. The van der Waals surface area contributed by atoms with Crippen molar-refractivity contribution in [3.05, 3.63) is 36.5 Å². The summed E-state index contributed by atoms with van der Waals surface area (Å²) in [5.74, 6) is -0.873. The van der Waals surface area contributed by atoms with Crippen LogP contribution in [0.25, 0.3) is 0 Å². The molecule has 0 aromatic rings. The maximum atomic E-state index is 13.0. The van der Waals surface area contributed by atoms with Gasteiger partial charge in [0.25, 0.3) is 0 Å². The van der Waals surface area contributed by atoms with Crippen LogP contribution in [0.3, 0.4) is 0 Å². The second-order valence-corrected chi connectivity index (χ2v) is 18.3. The number of aliphatic hydroxyl groups is 3. The molecule has 0 rings (SSSR count). The first-order valence-electron chi connectivity index (χ1n) is 26.4. The van der Waals surface area contributed by atoms with Crippen molar-refractivity contribution in [3.63, 3.8) is 0 Å². The summed E-state index contributed by atoms with van der Waals surface area (Å²) in [5.41, 5.74) is -2.51. The molecule has 0 amide bonds. The Morgan fingerprint density at radius 3 is 1.00 bits per heavy atom. The van der Waals surface area contributed by atoms with Crippen LogP contribution in [0.4, 0.5) is 0 Å². The fourth-order valence-corrected chi connectivity index (χ4v) is 8.21. The van der Waals surface area contributed by atoms with E-state index in [-0.39, 0.29) is 12.8 Å². The highest BCUT2D eigenvalue weighted by molar-refractivity contribution is 6.10. The summed E-state index contributed by atoms with van der Waals surface area (Å²) in [6.07, 6.45) is 56.3. The van der Waals surface area contributed by atoms with Gasteiger partial charge in [0.05, 0.1) is 6.61 Å². The first kappa shape index (κ1) is 59.1. The molecule has 61 heavy (non-hydrogen) atoms. The summed E-state index contributed by atoms with van der Waals surface area (Å²) in [6.45, 7) is 3.67. The van der Waals surface area contributed by atoms with E-state index in [4.69, 9.17) is 0 Å². The molecule has 6 nitrogen and oxygen atoms in total. The minimum Gasteiger partial charge on any atom is -0.394 e. The van der Waals surface area contributed by atoms with Gasteiger partial charge in [0.15, 0.2) is 11.6 Å². The Kier molecular flexibility index (Phi) is 44.7. The summed E-state index contributed by atoms with van der Waals surface area (Å²) >= 11 is 0. The fourth-order valence-electron chi connectivity index (χ4n) is 8.21. The lowest BCUT2D eigenvalue weighted by atomic mass is 9.82. The van der Waals surface area contributed by atoms with Gasteiger partial charge in [0, 0.05) is 25.7 Å². The van der Waals surface area contributed by atoms with Crippen LogP contribution in [0.2, 0.25) is 0 Å². The van der Waals surface area contributed by atoms with E-state index in [9.17, 15) is 29.7 Å². The van der Waals surface area contributed by atoms with E-state index in [0.29, 0.717) is 18.6 Å². The van der Waals surface area contributed by atoms with E-state index in [0.717, 1.165) is 103 Å². The van der Waals surface area contributed by atoms with Crippen molar-refractivity contribution in [1.82, 2.24) is 0 Å². The Bertz CT molecular complexity index is 1080. The number of Topliss-reactive ketones (excluding diaryl/α,β-unsaturated/α-hetero) is 3. The molecule has 356 valence electrons. The van der Waals surface area contributed by atoms with Crippen molar-refractivity contribution in [2.45, 2.75) is 289 Å². The highest BCUT2D eigenvalue weighted by Gasteiger charge is 2.48. The van der Waals surface area contributed by atoms with E-state index < -0.39 is 29.9 Å². The molecule has 0 fully saturated rings. The monoisotopic (exact) mass is 857 g/mol. The maximum Gasteiger partial charge on any atom is 0.209 e. The van der Waals surface area contributed by atoms with Crippen LogP contribution in [0.1, 0.15) is 277 Å². The lowest BCUT2D eigenvalue weighted by Crippen LogP contribution is -2.57. The molecule has 2 unspecified atom stereocenters. The summed E-state index contributed by atoms with van der Waals surface area (Å²) in [7, 11) is 0. The molecule has 0 radical (unpaired) electrons. The zero-order chi connectivity index (χ0) is 44.8. The Hall–Kier alpha value is -1.89. The molecule has 0 spiro atoms. The van der Waals surface area contributed by atoms with Gasteiger partial charge in [-0.3, -0.25) is 14.4 Å². The summed E-state index contributed by atoms with van der Waals surface area (Å²) < 4.78 is 0. The molecule has 0 heterocycles. The van der Waals surface area contributed by atoms with Crippen LogP contribution < -0.4 is 0 Å². The van der Waals surface area contributed by atoms with Crippen LogP contribution in [-0.4, -0.2) is 51.0 Å². The normalized spacial score (nSPS) is 13.5. The minimum absolute atomic E-state index is 0.0268. The number of unbranched alkanes of at least 4 members (excludes halogenated alkanes) is 31. The number of carbonyl (C=O) groups is 3. The number of allylic oxidation sites excluding steroid dienone is 6. The molecular weight excluding hydrogens is 757 g/mol. The van der Waals surface area contributed by atoms with Crippen molar-refractivity contribution in [3.8, 4) is 0 Å². The van der Waals surface area contributed by atoms with Gasteiger partial charge in [0.1, 0.15) is 11.9 Å². The molecule has 0 bridgehead atoms. The average molecular weight is 857 g/mol. The van der Waals surface area contributed by atoms with E-state index in [1.165, 1.54) is 135 Å². The highest BCUT2D eigenvalue weighted by Crippen LogP contribution is 2.23. The number of rotatable bonds is 49. The second-order valence-electron chi connectivity index (χ2n) is 18.3. The van der Waals surface area contributed by atoms with E-state index >= 15 is 0 Å². The third-order valence-electron chi connectivity index (χ3n) is 12.4. The molecule has 0 aliphatic carbocycles. The third-order valence-corrected chi connectivity index (χ3v) is 12.4. The Morgan fingerprint density at radius 2 is 0.656 bits per heavy atom. The van der Waals surface area contributed by atoms with Crippen molar-refractivity contribution in [2.75, 3.05) is 6.61 Å². The van der Waals surface area contributed by atoms with Crippen molar-refractivity contribution in [2.24, 2.45) is 0 Å². The van der Waals surface area contributed by atoms with Gasteiger partial charge in [-0.05, 0) is 83.5 Å². The molecule has 0 saturated heterocycles. The topological polar surface area (TPSA) is 112 Å². The van der Waals surface area contributed by atoms with E-state index in [1.807, 2.05) is 0 Å². The van der Waals surface area contributed by atoms with Gasteiger partial charge in [-0.25, -0.2) is 0 Å². The number of hydrogen-bond donors (Lipinski definition) is 3. The largest absolute Gasteiger partial charge is 0.394 e. The van der Waals surface area contributed by atoms with Crippen LogP contribution in [-0.2, 0) is 14.4 Å². The van der Waals surface area contributed by atoms with Crippen molar-refractivity contribution >= 4 is 17.3 Å². The molecule has 0 aliphatic rings. The Morgan fingerprint density at radius 1 is 0.393 bits per heavy atom. The van der Waals surface area contributed by atoms with Crippen molar-refractivity contribution < 1.29 is 29.7 Å². The summed E-state index contributed by atoms with van der Waals surface area (Å²) in [4.78, 5) is 38.2. The molecule has 0 aliphatic heterocycles. The lowest BCUT2D eigenvalue weighted by Gasteiger charge is -2.29. The molecule has 6 heteroatoms. The lowest BCUT2D eigenvalue weighted by molar-refractivity contribution is -0.166. The summed E-state index contributed by atoms with van der Waals surface area (Å²) in [5, 5.41) is 30.8. The first-order valence-corrected chi connectivity index (χ1v) is 26.4. The maximum absolute atomic E-state index is 13.0. The van der Waals surface area contributed by atoms with E-state index in [2.05, 4.69) is 50.3 Å². The molecular formula is C55H100O6. The zero-order valence-electron chi connectivity index (χ0n) is 40.3. The Balaban J connectivity index is 3.78. The molecule has 3 N–H and O–H groups in total. The molecule has 2 atom stereocenters. The van der Waals surface area contributed by atoms with Gasteiger partial charge in [-0.15, -0.1) is 0 Å². The average Bonchev–Trinajstić information content (AvgIpc) is 3.26. The van der Waals surface area contributed by atoms with Gasteiger partial charge < -0.3 is 15.3 Å². The molecule has 0 saturated carbocycles. The number of ketones is 3. The van der Waals surface area contributed by atoms with Crippen LogP contribution in [0, 0.1) is 0 Å². The highest BCUT2D eigenvalue weighted by atomic mass is 16.4. The predicted octanol–water partition coefficient (Wildman–Crippen LogP) is 15.5. The van der Waals surface area contributed by atoms with Gasteiger partial charge >= 0.3 is 0 Å². The Labute approximate surface area is 377 Å². The molecule has 0 aromatic carbocycles. The predicted molar refractivity (Wildman–Crippen MR) is 261 cm³/mol. The number of carbonyl (C=O) groups excluding carboxylic acids is 3. The smallest absolute Gasteiger partial charge is 0.209 e. The van der Waals surface area contributed by atoms with E-state index in [1.54, 1.807) is 0 Å². The summed E-state index contributed by atoms with van der Waals surface area (Å²) in [6, 6.07) is 0. The zero-order valence-corrected chi connectivity index (χ0v) is 40.3. The number of hydrogen-bond acceptors (Lipinski definition) is 6. The SMILES string of the molecule is CCCCC/C=C\C/C=C\CCCCCCCC(=O)C(O)(C(=O)CCCCCCC/C=C\CCCCCCCCC(=O)CCCCCCCCCCCCCCC)C(O)CO. The fraction of sp³-hybridized carbons (Fsp3) is 0.836. The van der Waals surface area contributed by atoms with Gasteiger partial charge in [-0.1, -0.05) is 204 Å². The third kappa shape index (κ3) is 37.2. The minimum atomic E-state index is -2.51. The van der Waals surface area contributed by atoms with Crippen LogP contribution >= 0.6 is 0 Å². The second kappa shape index (κ2) is 46.1. The van der Waals surface area contributed by atoms with Crippen LogP contribution in [0.15, 0.2) is 36.5 Å².